The second-order valence-electron chi connectivity index (χ2n) is 7.59. The second-order valence-corrected chi connectivity index (χ2v) is 7.59. The number of piperidine rings is 1. The van der Waals surface area contributed by atoms with Crippen LogP contribution in [-0.2, 0) is 16.1 Å². The Balaban J connectivity index is 1.56. The number of hydrogen-bond donors (Lipinski definition) is 3. The fourth-order valence-electron chi connectivity index (χ4n) is 4.10. The Morgan fingerprint density at radius 1 is 1.31 bits per heavy atom. The molecule has 2 fully saturated rings. The standard InChI is InChI=1S/C20H30N4O2/c1-2-20(10-4-11-22-20)19(26)23-17-8-6-15(7-9-17)13-24-12-3-5-16(14-24)18(21)25/h6-9,16,22H,2-5,10-14H2,1H3,(H2,21,25)(H,23,26). The lowest BCUT2D eigenvalue weighted by Gasteiger charge is -2.31. The van der Waals surface area contributed by atoms with Crippen molar-refractivity contribution < 1.29 is 9.59 Å². The maximum absolute atomic E-state index is 12.6. The van der Waals surface area contributed by atoms with Crippen LogP contribution < -0.4 is 16.4 Å². The van der Waals surface area contributed by atoms with Gasteiger partial charge < -0.3 is 16.4 Å². The number of nitrogens with one attached hydrogen (secondary N) is 2. The van der Waals surface area contributed by atoms with Crippen molar-refractivity contribution in [2.75, 3.05) is 25.0 Å². The zero-order valence-corrected chi connectivity index (χ0v) is 15.6. The number of carbonyl (C=O) groups is 2. The molecule has 142 valence electrons. The number of nitrogens with zero attached hydrogens (tertiary/aromatic N) is 1. The molecule has 0 radical (unpaired) electrons. The maximum atomic E-state index is 12.6. The highest BCUT2D eigenvalue weighted by Gasteiger charge is 2.39. The van der Waals surface area contributed by atoms with Gasteiger partial charge in [0.1, 0.15) is 0 Å². The fraction of sp³-hybridized carbons (Fsp3) is 0.600. The Labute approximate surface area is 155 Å². The van der Waals surface area contributed by atoms with Crippen LogP contribution in [0.3, 0.4) is 0 Å². The molecule has 4 N–H and O–H groups in total. The molecule has 0 aliphatic carbocycles. The predicted octanol–water partition coefficient (Wildman–Crippen LogP) is 1.85. The number of primary amides is 1. The summed E-state index contributed by atoms with van der Waals surface area (Å²) in [6, 6.07) is 8.01. The SMILES string of the molecule is CCC1(C(=O)Nc2ccc(CN3CCCC(C(N)=O)C3)cc2)CCCN1. The van der Waals surface area contributed by atoms with Gasteiger partial charge >= 0.3 is 0 Å². The molecule has 26 heavy (non-hydrogen) atoms. The van der Waals surface area contributed by atoms with E-state index in [9.17, 15) is 9.59 Å². The number of nitrogens with two attached hydrogens (primary N) is 1. The monoisotopic (exact) mass is 358 g/mol. The van der Waals surface area contributed by atoms with Crippen molar-refractivity contribution >= 4 is 17.5 Å². The largest absolute Gasteiger partial charge is 0.369 e. The molecule has 1 aromatic carbocycles. The molecule has 2 atom stereocenters. The van der Waals surface area contributed by atoms with Gasteiger partial charge in [0.05, 0.1) is 11.5 Å². The van der Waals surface area contributed by atoms with Gasteiger partial charge in [-0.1, -0.05) is 19.1 Å². The van der Waals surface area contributed by atoms with E-state index < -0.39 is 5.54 Å². The van der Waals surface area contributed by atoms with Crippen molar-refractivity contribution in [2.24, 2.45) is 11.7 Å². The van der Waals surface area contributed by atoms with E-state index in [1.54, 1.807) is 0 Å². The van der Waals surface area contributed by atoms with Crippen molar-refractivity contribution in [1.29, 1.82) is 0 Å². The Hall–Kier alpha value is -1.92. The van der Waals surface area contributed by atoms with Gasteiger partial charge in [0, 0.05) is 18.8 Å². The first-order valence-electron chi connectivity index (χ1n) is 9.69. The van der Waals surface area contributed by atoms with Crippen molar-refractivity contribution in [3.8, 4) is 0 Å². The summed E-state index contributed by atoms with van der Waals surface area (Å²) in [7, 11) is 0. The molecule has 0 saturated carbocycles. The van der Waals surface area contributed by atoms with Gasteiger partial charge in [-0.15, -0.1) is 0 Å². The summed E-state index contributed by atoms with van der Waals surface area (Å²) in [5, 5.41) is 6.41. The highest BCUT2D eigenvalue weighted by molar-refractivity contribution is 5.98. The smallest absolute Gasteiger partial charge is 0.244 e. The molecule has 1 aromatic rings. The van der Waals surface area contributed by atoms with Crippen LogP contribution in [0.2, 0.25) is 0 Å². The highest BCUT2D eigenvalue weighted by Crippen LogP contribution is 2.25. The topological polar surface area (TPSA) is 87.5 Å². The van der Waals surface area contributed by atoms with E-state index in [1.807, 2.05) is 24.3 Å². The first-order valence-corrected chi connectivity index (χ1v) is 9.69. The third-order valence-electron chi connectivity index (χ3n) is 5.81. The molecular formula is C20H30N4O2. The molecule has 0 spiro atoms. The van der Waals surface area contributed by atoms with E-state index in [1.165, 1.54) is 5.56 Å². The predicted molar refractivity (Wildman–Crippen MR) is 103 cm³/mol. The summed E-state index contributed by atoms with van der Waals surface area (Å²) >= 11 is 0. The summed E-state index contributed by atoms with van der Waals surface area (Å²) in [6.07, 6.45) is 4.64. The van der Waals surface area contributed by atoms with E-state index in [0.29, 0.717) is 0 Å². The normalized spacial score (nSPS) is 26.6. The summed E-state index contributed by atoms with van der Waals surface area (Å²) in [5.41, 5.74) is 7.04. The number of amides is 2. The third-order valence-corrected chi connectivity index (χ3v) is 5.81. The van der Waals surface area contributed by atoms with E-state index >= 15 is 0 Å². The number of benzene rings is 1. The number of rotatable bonds is 6. The van der Waals surface area contributed by atoms with Gasteiger partial charge in [-0.2, -0.15) is 0 Å². The van der Waals surface area contributed by atoms with Crippen LogP contribution >= 0.6 is 0 Å². The van der Waals surface area contributed by atoms with Crippen molar-refractivity contribution in [3.05, 3.63) is 29.8 Å². The van der Waals surface area contributed by atoms with Gasteiger partial charge in [0.25, 0.3) is 0 Å². The maximum Gasteiger partial charge on any atom is 0.244 e. The minimum absolute atomic E-state index is 0.0357. The lowest BCUT2D eigenvalue weighted by molar-refractivity contribution is -0.123. The molecule has 2 saturated heterocycles. The quantitative estimate of drug-likeness (QED) is 0.724. The summed E-state index contributed by atoms with van der Waals surface area (Å²) in [4.78, 5) is 26.3. The summed E-state index contributed by atoms with van der Waals surface area (Å²) in [6.45, 7) is 5.49. The zero-order valence-electron chi connectivity index (χ0n) is 15.6. The van der Waals surface area contributed by atoms with Crippen LogP contribution in [0.25, 0.3) is 0 Å². The lowest BCUT2D eigenvalue weighted by atomic mass is 9.93. The second kappa shape index (κ2) is 8.18. The van der Waals surface area contributed by atoms with Crippen molar-refractivity contribution in [3.63, 3.8) is 0 Å². The molecule has 3 rings (SSSR count). The van der Waals surface area contributed by atoms with E-state index in [-0.39, 0.29) is 17.7 Å². The van der Waals surface area contributed by atoms with Gasteiger partial charge in [0.15, 0.2) is 0 Å². The van der Waals surface area contributed by atoms with Crippen LogP contribution in [0.1, 0.15) is 44.6 Å². The molecule has 2 heterocycles. The number of hydrogen-bond acceptors (Lipinski definition) is 4. The Morgan fingerprint density at radius 2 is 2.08 bits per heavy atom. The molecule has 2 amide bonds. The average Bonchev–Trinajstić information content (AvgIpc) is 3.14. The first kappa shape index (κ1) is 18.9. The fourth-order valence-corrected chi connectivity index (χ4v) is 4.10. The van der Waals surface area contributed by atoms with Crippen molar-refractivity contribution in [1.82, 2.24) is 10.2 Å². The Bertz CT molecular complexity index is 638. The van der Waals surface area contributed by atoms with E-state index in [2.05, 4.69) is 22.5 Å². The van der Waals surface area contributed by atoms with Gasteiger partial charge in [-0.3, -0.25) is 14.5 Å². The van der Waals surface area contributed by atoms with E-state index in [4.69, 9.17) is 5.73 Å². The van der Waals surface area contributed by atoms with Crippen LogP contribution in [0.4, 0.5) is 5.69 Å². The van der Waals surface area contributed by atoms with Crippen LogP contribution in [0.15, 0.2) is 24.3 Å². The van der Waals surface area contributed by atoms with Crippen LogP contribution in [0.5, 0.6) is 0 Å². The number of carbonyl (C=O) groups excluding carboxylic acids is 2. The highest BCUT2D eigenvalue weighted by atomic mass is 16.2. The van der Waals surface area contributed by atoms with Gasteiger partial charge in [0.2, 0.25) is 11.8 Å². The first-order chi connectivity index (χ1) is 12.5. The molecule has 2 aliphatic rings. The van der Waals surface area contributed by atoms with Gasteiger partial charge in [-0.25, -0.2) is 0 Å². The molecule has 2 aliphatic heterocycles. The minimum Gasteiger partial charge on any atom is -0.369 e. The summed E-state index contributed by atoms with van der Waals surface area (Å²) < 4.78 is 0. The molecular weight excluding hydrogens is 328 g/mol. The third kappa shape index (κ3) is 4.24. The molecule has 0 aromatic heterocycles. The molecule has 6 heteroatoms. The Morgan fingerprint density at radius 3 is 2.69 bits per heavy atom. The minimum atomic E-state index is -0.420. The van der Waals surface area contributed by atoms with E-state index in [0.717, 1.165) is 64.0 Å². The van der Waals surface area contributed by atoms with Crippen molar-refractivity contribution in [2.45, 2.75) is 51.1 Å². The zero-order chi connectivity index (χ0) is 18.6. The van der Waals surface area contributed by atoms with Gasteiger partial charge in [-0.05, 0) is 62.9 Å². The Kier molecular flexibility index (Phi) is 5.94. The summed E-state index contributed by atoms with van der Waals surface area (Å²) in [5.74, 6) is -0.171. The van der Waals surface area contributed by atoms with Crippen LogP contribution in [0, 0.1) is 5.92 Å². The number of anilines is 1. The molecule has 6 nitrogen and oxygen atoms in total. The lowest BCUT2D eigenvalue weighted by Crippen LogP contribution is -2.50. The van der Waals surface area contributed by atoms with Crippen LogP contribution in [-0.4, -0.2) is 41.9 Å². The average molecular weight is 358 g/mol. The molecule has 2 unspecified atom stereocenters. The number of likely N-dealkylation sites (tertiary alicyclic amines) is 1. The molecule has 0 bridgehead atoms.